The van der Waals surface area contributed by atoms with Gasteiger partial charge >= 0.3 is 0 Å². The summed E-state index contributed by atoms with van der Waals surface area (Å²) in [7, 11) is 3.42. The van der Waals surface area contributed by atoms with Gasteiger partial charge < -0.3 is 19.9 Å². The third-order valence-electron chi connectivity index (χ3n) is 7.30. The molecule has 0 spiro atoms. The molecule has 2 aromatic carbocycles. The molecule has 0 saturated heterocycles. The first kappa shape index (κ1) is 27.3. The van der Waals surface area contributed by atoms with Crippen molar-refractivity contribution in [2.45, 2.75) is 46.1 Å². The highest BCUT2D eigenvalue weighted by Gasteiger charge is 2.44. The van der Waals surface area contributed by atoms with Gasteiger partial charge in [-0.15, -0.1) is 0 Å². The Bertz CT molecular complexity index is 1280. The zero-order chi connectivity index (χ0) is 27.3. The van der Waals surface area contributed by atoms with Crippen LogP contribution < -0.4 is 19.9 Å². The van der Waals surface area contributed by atoms with Crippen molar-refractivity contribution in [1.29, 1.82) is 0 Å². The maximum absolute atomic E-state index is 13.0. The van der Waals surface area contributed by atoms with Gasteiger partial charge in [0.25, 0.3) is 0 Å². The summed E-state index contributed by atoms with van der Waals surface area (Å²) in [6.45, 7) is 6.84. The smallest absolute Gasteiger partial charge is 0.241 e. The summed E-state index contributed by atoms with van der Waals surface area (Å²) in [4.78, 5) is 33.2. The van der Waals surface area contributed by atoms with E-state index in [1.807, 2.05) is 30.5 Å². The van der Waals surface area contributed by atoms with Gasteiger partial charge in [-0.25, -0.2) is 0 Å². The fraction of sp³-hybridized carbons (Fsp3) is 0.387. The van der Waals surface area contributed by atoms with E-state index in [1.54, 1.807) is 43.9 Å². The predicted molar refractivity (Wildman–Crippen MR) is 152 cm³/mol. The van der Waals surface area contributed by atoms with Gasteiger partial charge in [0, 0.05) is 38.6 Å². The number of nitrogens with zero attached hydrogens (tertiary/aromatic N) is 3. The molecule has 3 aromatic rings. The van der Waals surface area contributed by atoms with E-state index in [9.17, 15) is 9.59 Å². The lowest BCUT2D eigenvalue weighted by molar-refractivity contribution is -0.137. The molecule has 0 saturated carbocycles. The van der Waals surface area contributed by atoms with Crippen LogP contribution in [-0.4, -0.2) is 50.1 Å². The number of aromatic nitrogens is 1. The molecule has 7 nitrogen and oxygen atoms in total. The number of hydrogen-bond donors (Lipinski definition) is 1. The Morgan fingerprint density at radius 3 is 2.39 bits per heavy atom. The molecular weight excluding hydrogens is 476 g/mol. The van der Waals surface area contributed by atoms with Crippen LogP contribution in [0.4, 0.5) is 11.4 Å². The van der Waals surface area contributed by atoms with Crippen molar-refractivity contribution in [2.24, 2.45) is 5.41 Å². The van der Waals surface area contributed by atoms with Gasteiger partial charge in [-0.2, -0.15) is 0 Å². The monoisotopic (exact) mass is 514 g/mol. The molecule has 200 valence electrons. The molecule has 0 bridgehead atoms. The number of hydrogen-bond acceptors (Lipinski definition) is 5. The summed E-state index contributed by atoms with van der Waals surface area (Å²) in [6.07, 6.45) is 6.40. The van der Waals surface area contributed by atoms with Gasteiger partial charge in [-0.05, 0) is 81.5 Å². The Kier molecular flexibility index (Phi) is 8.47. The maximum atomic E-state index is 13.0. The zero-order valence-corrected chi connectivity index (χ0v) is 23.0. The molecule has 4 rings (SSSR count). The highest BCUT2D eigenvalue weighted by Crippen LogP contribution is 2.39. The first-order valence-electron chi connectivity index (χ1n) is 13.2. The second-order valence-corrected chi connectivity index (χ2v) is 10.6. The summed E-state index contributed by atoms with van der Waals surface area (Å²) in [5, 5.41) is 3.72. The Morgan fingerprint density at radius 2 is 1.68 bits per heavy atom. The predicted octanol–water partition coefficient (Wildman–Crippen LogP) is 4.57. The molecule has 1 aliphatic rings. The number of carbonyl (C=O) groups excluding carboxylic acids is 2. The van der Waals surface area contributed by atoms with Crippen LogP contribution in [0.2, 0.25) is 0 Å². The summed E-state index contributed by atoms with van der Waals surface area (Å²) in [5.74, 6) is 0.220. The molecule has 1 aliphatic heterocycles. The SMILES string of the molecule is Cc1ccccc1CC(Cc1cccnc1)NCCCOc1ccc2c(c1)N(C)C(=O)C(C)(C)C(=O)N2C. The van der Waals surface area contributed by atoms with Crippen LogP contribution in [0.15, 0.2) is 67.0 Å². The number of rotatable bonds is 10. The fourth-order valence-corrected chi connectivity index (χ4v) is 4.99. The Balaban J connectivity index is 1.36. The number of carbonyl (C=O) groups is 2. The molecule has 38 heavy (non-hydrogen) atoms. The quantitative estimate of drug-likeness (QED) is 0.317. The highest BCUT2D eigenvalue weighted by atomic mass is 16.5. The number of pyridine rings is 1. The summed E-state index contributed by atoms with van der Waals surface area (Å²) >= 11 is 0. The second-order valence-electron chi connectivity index (χ2n) is 10.6. The minimum absolute atomic E-state index is 0.223. The molecule has 1 aromatic heterocycles. The molecule has 0 fully saturated rings. The second kappa shape index (κ2) is 11.8. The molecule has 1 N–H and O–H groups in total. The Morgan fingerprint density at radius 1 is 0.947 bits per heavy atom. The van der Waals surface area contributed by atoms with Crippen LogP contribution in [0.5, 0.6) is 5.75 Å². The number of aryl methyl sites for hydroxylation is 1. The molecule has 7 heteroatoms. The number of anilines is 2. The molecule has 2 heterocycles. The number of fused-ring (bicyclic) bond motifs is 1. The summed E-state index contributed by atoms with van der Waals surface area (Å²) in [5.41, 5.74) is 4.10. The van der Waals surface area contributed by atoms with Crippen molar-refractivity contribution in [3.05, 3.63) is 83.7 Å². The first-order chi connectivity index (χ1) is 18.2. The molecule has 1 unspecified atom stereocenters. The van der Waals surface area contributed by atoms with Crippen molar-refractivity contribution in [1.82, 2.24) is 10.3 Å². The largest absolute Gasteiger partial charge is 0.493 e. The van der Waals surface area contributed by atoms with Crippen molar-refractivity contribution in [3.63, 3.8) is 0 Å². The lowest BCUT2D eigenvalue weighted by atomic mass is 9.90. The minimum atomic E-state index is -1.13. The number of ether oxygens (including phenoxy) is 1. The van der Waals surface area contributed by atoms with E-state index in [0.717, 1.165) is 25.8 Å². The van der Waals surface area contributed by atoms with Crippen LogP contribution in [0.3, 0.4) is 0 Å². The standard InChI is InChI=1S/C31H38N4O3/c1-22-10-6-7-12-24(22)19-25(18-23-11-8-15-32-21-23)33-16-9-17-38-26-13-14-27-28(20-26)35(5)30(37)31(2,3)29(36)34(27)4/h6-8,10-15,20-21,25,33H,9,16-19H2,1-5H3. The van der Waals surface area contributed by atoms with Gasteiger partial charge in [0.2, 0.25) is 11.8 Å². The lowest BCUT2D eigenvalue weighted by Crippen LogP contribution is -2.46. The highest BCUT2D eigenvalue weighted by molar-refractivity contribution is 6.19. The lowest BCUT2D eigenvalue weighted by Gasteiger charge is -2.25. The molecule has 0 aliphatic carbocycles. The van der Waals surface area contributed by atoms with E-state index in [2.05, 4.69) is 47.6 Å². The average molecular weight is 515 g/mol. The molecule has 1 atom stereocenters. The van der Waals surface area contributed by atoms with Gasteiger partial charge in [-0.1, -0.05) is 30.3 Å². The van der Waals surface area contributed by atoms with Crippen LogP contribution in [0, 0.1) is 12.3 Å². The number of nitrogens with one attached hydrogen (secondary N) is 1. The van der Waals surface area contributed by atoms with Gasteiger partial charge in [-0.3, -0.25) is 14.6 Å². The van der Waals surface area contributed by atoms with Crippen molar-refractivity contribution >= 4 is 23.2 Å². The molecule has 0 radical (unpaired) electrons. The molecular formula is C31H38N4O3. The maximum Gasteiger partial charge on any atom is 0.241 e. The van der Waals surface area contributed by atoms with E-state index >= 15 is 0 Å². The van der Waals surface area contributed by atoms with Crippen LogP contribution in [0.1, 0.15) is 37.0 Å². The third kappa shape index (κ3) is 6.05. The van der Waals surface area contributed by atoms with Crippen molar-refractivity contribution in [2.75, 3.05) is 37.0 Å². The minimum Gasteiger partial charge on any atom is -0.493 e. The zero-order valence-electron chi connectivity index (χ0n) is 23.0. The number of amides is 2. The normalized spacial score (nSPS) is 15.7. The van der Waals surface area contributed by atoms with Crippen LogP contribution >= 0.6 is 0 Å². The van der Waals surface area contributed by atoms with E-state index in [-0.39, 0.29) is 17.9 Å². The number of benzene rings is 2. The van der Waals surface area contributed by atoms with E-state index in [4.69, 9.17) is 4.74 Å². The Hall–Kier alpha value is -3.71. The summed E-state index contributed by atoms with van der Waals surface area (Å²) in [6, 6.07) is 18.5. The van der Waals surface area contributed by atoms with Gasteiger partial charge in [0.15, 0.2) is 0 Å². The third-order valence-corrected chi connectivity index (χ3v) is 7.30. The topological polar surface area (TPSA) is 74.8 Å². The van der Waals surface area contributed by atoms with Gasteiger partial charge in [0.1, 0.15) is 11.2 Å². The van der Waals surface area contributed by atoms with E-state index < -0.39 is 5.41 Å². The van der Waals surface area contributed by atoms with E-state index in [1.165, 1.54) is 16.7 Å². The summed E-state index contributed by atoms with van der Waals surface area (Å²) < 4.78 is 6.06. The van der Waals surface area contributed by atoms with E-state index in [0.29, 0.717) is 23.7 Å². The van der Waals surface area contributed by atoms with Crippen LogP contribution in [-0.2, 0) is 22.4 Å². The average Bonchev–Trinajstić information content (AvgIpc) is 2.96. The molecule has 2 amide bonds. The van der Waals surface area contributed by atoms with Gasteiger partial charge in [0.05, 0.1) is 18.0 Å². The Labute approximate surface area is 225 Å². The van der Waals surface area contributed by atoms with Crippen molar-refractivity contribution < 1.29 is 14.3 Å². The van der Waals surface area contributed by atoms with Crippen molar-refractivity contribution in [3.8, 4) is 5.75 Å². The first-order valence-corrected chi connectivity index (χ1v) is 13.2. The van der Waals surface area contributed by atoms with Crippen LogP contribution in [0.25, 0.3) is 0 Å². The fourth-order valence-electron chi connectivity index (χ4n) is 4.99.